The molecule has 1 saturated carbocycles. The minimum absolute atomic E-state index is 0.0634. The van der Waals surface area contributed by atoms with E-state index in [2.05, 4.69) is 10.3 Å². The summed E-state index contributed by atoms with van der Waals surface area (Å²) in [4.78, 5) is 18.4. The van der Waals surface area contributed by atoms with Crippen LogP contribution in [0.15, 0.2) is 18.3 Å². The Morgan fingerprint density at radius 3 is 2.64 bits per heavy atom. The van der Waals surface area contributed by atoms with Crippen LogP contribution >= 0.6 is 0 Å². The van der Waals surface area contributed by atoms with Gasteiger partial charge in [0.2, 0.25) is 0 Å². The maximum Gasteiger partial charge on any atom is 0.272 e. The van der Waals surface area contributed by atoms with E-state index in [4.69, 9.17) is 0 Å². The van der Waals surface area contributed by atoms with Crippen molar-refractivity contribution in [1.29, 1.82) is 0 Å². The van der Waals surface area contributed by atoms with Gasteiger partial charge in [-0.15, -0.1) is 0 Å². The second kappa shape index (κ2) is 5.87. The van der Waals surface area contributed by atoms with Crippen LogP contribution in [0.1, 0.15) is 36.7 Å². The van der Waals surface area contributed by atoms with E-state index in [1.807, 2.05) is 13.0 Å². The van der Waals surface area contributed by atoms with Crippen molar-refractivity contribution in [2.24, 2.45) is 0 Å². The monoisotopic (exact) mass is 323 g/mol. The zero-order valence-corrected chi connectivity index (χ0v) is 13.5. The first-order valence-corrected chi connectivity index (χ1v) is 9.54. The van der Waals surface area contributed by atoms with Gasteiger partial charge < -0.3 is 10.2 Å². The quantitative estimate of drug-likeness (QED) is 0.884. The number of rotatable bonds is 5. The number of sulfone groups is 1. The van der Waals surface area contributed by atoms with E-state index in [1.165, 1.54) is 12.8 Å². The molecule has 1 aromatic rings. The smallest absolute Gasteiger partial charge is 0.272 e. The van der Waals surface area contributed by atoms with Gasteiger partial charge in [-0.1, -0.05) is 0 Å². The molecule has 1 N–H and O–H groups in total. The zero-order chi connectivity index (χ0) is 15.7. The average molecular weight is 323 g/mol. The van der Waals surface area contributed by atoms with Gasteiger partial charge in [0, 0.05) is 18.6 Å². The van der Waals surface area contributed by atoms with E-state index in [9.17, 15) is 13.2 Å². The van der Waals surface area contributed by atoms with Crippen molar-refractivity contribution in [2.75, 3.05) is 23.4 Å². The number of carbonyl (C=O) groups excluding carboxylic acids is 1. The van der Waals surface area contributed by atoms with Crippen molar-refractivity contribution in [3.63, 3.8) is 0 Å². The molecule has 1 amide bonds. The summed E-state index contributed by atoms with van der Waals surface area (Å²) in [6, 6.07) is 3.88. The Morgan fingerprint density at radius 2 is 2.14 bits per heavy atom. The highest BCUT2D eigenvalue weighted by atomic mass is 32.2. The van der Waals surface area contributed by atoms with Gasteiger partial charge in [0.25, 0.3) is 5.91 Å². The van der Waals surface area contributed by atoms with Gasteiger partial charge in [-0.05, 0) is 38.3 Å². The normalized spacial score (nSPS) is 23.2. The molecule has 0 aromatic carbocycles. The zero-order valence-electron chi connectivity index (χ0n) is 12.7. The maximum atomic E-state index is 12.6. The van der Waals surface area contributed by atoms with Crippen molar-refractivity contribution < 1.29 is 13.2 Å². The first-order valence-electron chi connectivity index (χ1n) is 7.72. The molecule has 3 rings (SSSR count). The molecule has 1 aromatic heterocycles. The van der Waals surface area contributed by atoms with E-state index in [0.29, 0.717) is 24.7 Å². The molecule has 2 aliphatic rings. The summed E-state index contributed by atoms with van der Waals surface area (Å²) in [5.74, 6) is 0.0371. The van der Waals surface area contributed by atoms with E-state index in [1.54, 1.807) is 17.2 Å². The summed E-state index contributed by atoms with van der Waals surface area (Å²) in [7, 11) is -3.00. The predicted octanol–water partition coefficient (Wildman–Crippen LogP) is 1.31. The van der Waals surface area contributed by atoms with Crippen LogP contribution in [0.4, 0.5) is 5.69 Å². The Morgan fingerprint density at radius 1 is 1.36 bits per heavy atom. The first-order chi connectivity index (χ1) is 10.5. The van der Waals surface area contributed by atoms with Gasteiger partial charge in [-0.25, -0.2) is 13.4 Å². The van der Waals surface area contributed by atoms with Crippen LogP contribution in [-0.4, -0.2) is 54.3 Å². The van der Waals surface area contributed by atoms with Gasteiger partial charge in [0.1, 0.15) is 5.69 Å². The fraction of sp³-hybridized carbons (Fsp3) is 0.600. The number of carbonyl (C=O) groups is 1. The summed E-state index contributed by atoms with van der Waals surface area (Å²) in [5, 5.41) is 3.32. The lowest BCUT2D eigenvalue weighted by Gasteiger charge is -2.26. The lowest BCUT2D eigenvalue weighted by molar-refractivity contribution is 0.0702. The van der Waals surface area contributed by atoms with Crippen molar-refractivity contribution in [1.82, 2.24) is 9.88 Å². The van der Waals surface area contributed by atoms with Crippen molar-refractivity contribution in [3.05, 3.63) is 24.0 Å². The first kappa shape index (κ1) is 15.3. The van der Waals surface area contributed by atoms with Crippen LogP contribution in [0, 0.1) is 0 Å². The number of pyridine rings is 1. The van der Waals surface area contributed by atoms with Gasteiger partial charge >= 0.3 is 0 Å². The number of nitrogens with zero attached hydrogens (tertiary/aromatic N) is 2. The molecule has 0 radical (unpaired) electrons. The lowest BCUT2D eigenvalue weighted by atomic mass is 10.2. The third-order valence-electron chi connectivity index (χ3n) is 4.18. The number of aromatic nitrogens is 1. The highest BCUT2D eigenvalue weighted by Crippen LogP contribution is 2.24. The van der Waals surface area contributed by atoms with Crippen LogP contribution in [0.2, 0.25) is 0 Å². The summed E-state index contributed by atoms with van der Waals surface area (Å²) < 4.78 is 23.2. The van der Waals surface area contributed by atoms with Crippen LogP contribution in [-0.2, 0) is 9.84 Å². The van der Waals surface area contributed by atoms with Crippen LogP contribution in [0.5, 0.6) is 0 Å². The highest BCUT2D eigenvalue weighted by Gasteiger charge is 2.34. The third-order valence-corrected chi connectivity index (χ3v) is 5.93. The minimum Gasteiger partial charge on any atom is -0.381 e. The number of amides is 1. The Hall–Kier alpha value is -1.63. The molecule has 2 fully saturated rings. The number of hydrogen-bond donors (Lipinski definition) is 1. The van der Waals surface area contributed by atoms with Crippen molar-refractivity contribution in [3.8, 4) is 0 Å². The summed E-state index contributed by atoms with van der Waals surface area (Å²) >= 11 is 0. The molecule has 1 aliphatic carbocycles. The Labute approximate surface area is 130 Å². The summed E-state index contributed by atoms with van der Waals surface area (Å²) in [6.45, 7) is 2.36. The minimum atomic E-state index is -3.00. The molecule has 6 nitrogen and oxygen atoms in total. The van der Waals surface area contributed by atoms with Crippen molar-refractivity contribution >= 4 is 21.4 Å². The Bertz CT molecular complexity index is 653. The topological polar surface area (TPSA) is 79.4 Å². The molecule has 2 heterocycles. The van der Waals surface area contributed by atoms with E-state index in [-0.39, 0.29) is 23.5 Å². The molecular weight excluding hydrogens is 302 g/mol. The van der Waals surface area contributed by atoms with Crippen LogP contribution in [0.3, 0.4) is 0 Å². The molecule has 1 atom stereocenters. The molecular formula is C15H21N3O3S. The molecule has 1 unspecified atom stereocenters. The largest absolute Gasteiger partial charge is 0.381 e. The highest BCUT2D eigenvalue weighted by molar-refractivity contribution is 7.91. The second-order valence-electron chi connectivity index (χ2n) is 6.00. The molecule has 0 spiro atoms. The SMILES string of the molecule is CCN(C(=O)c1ccc(NC2CC2)cn1)C1CCS(=O)(=O)C1. The van der Waals surface area contributed by atoms with Gasteiger partial charge in [-0.3, -0.25) is 4.79 Å². The van der Waals surface area contributed by atoms with E-state index in [0.717, 1.165) is 5.69 Å². The Kier molecular flexibility index (Phi) is 4.08. The lowest BCUT2D eigenvalue weighted by Crippen LogP contribution is -2.41. The number of nitrogens with one attached hydrogen (secondary N) is 1. The molecule has 7 heteroatoms. The van der Waals surface area contributed by atoms with Crippen LogP contribution in [0.25, 0.3) is 0 Å². The molecule has 1 saturated heterocycles. The molecule has 120 valence electrons. The fourth-order valence-corrected chi connectivity index (χ4v) is 4.54. The van der Waals surface area contributed by atoms with Crippen molar-refractivity contribution in [2.45, 2.75) is 38.3 Å². The number of hydrogen-bond acceptors (Lipinski definition) is 5. The van der Waals surface area contributed by atoms with E-state index < -0.39 is 9.84 Å². The summed E-state index contributed by atoms with van der Waals surface area (Å²) in [5.41, 5.74) is 1.29. The number of anilines is 1. The summed E-state index contributed by atoms with van der Waals surface area (Å²) in [6.07, 6.45) is 4.55. The molecule has 1 aliphatic heterocycles. The standard InChI is InChI=1S/C15H21N3O3S/c1-2-18(13-7-8-22(20,21)10-13)15(19)14-6-5-12(9-16-14)17-11-3-4-11/h5-6,9,11,13,17H,2-4,7-8,10H2,1H3. The predicted molar refractivity (Wildman–Crippen MR) is 84.7 cm³/mol. The van der Waals surface area contributed by atoms with Gasteiger partial charge in [-0.2, -0.15) is 0 Å². The second-order valence-corrected chi connectivity index (χ2v) is 8.23. The third kappa shape index (κ3) is 3.40. The van der Waals surface area contributed by atoms with E-state index >= 15 is 0 Å². The average Bonchev–Trinajstić information content (AvgIpc) is 3.23. The molecule has 0 bridgehead atoms. The maximum absolute atomic E-state index is 12.6. The molecule has 22 heavy (non-hydrogen) atoms. The van der Waals surface area contributed by atoms with Gasteiger partial charge in [0.05, 0.1) is 23.4 Å². The van der Waals surface area contributed by atoms with Gasteiger partial charge in [0.15, 0.2) is 9.84 Å². The fourth-order valence-electron chi connectivity index (χ4n) is 2.81. The van der Waals surface area contributed by atoms with Crippen LogP contribution < -0.4 is 5.32 Å². The Balaban J connectivity index is 1.70.